The Hall–Kier alpha value is -0.390. The highest BCUT2D eigenvalue weighted by atomic mass is 32.5. The lowest BCUT2D eigenvalue weighted by Crippen LogP contribution is -2.06. The van der Waals surface area contributed by atoms with Crippen molar-refractivity contribution in [2.75, 3.05) is 13.2 Å². The largest absolute Gasteiger partial charge is 0.327 e. The van der Waals surface area contributed by atoms with Crippen LogP contribution in [0.15, 0.2) is 6.07 Å². The van der Waals surface area contributed by atoms with E-state index < -0.39 is 6.72 Å². The minimum atomic E-state index is -2.67. The Labute approximate surface area is 126 Å². The third kappa shape index (κ3) is 5.54. The maximum absolute atomic E-state index is 5.68. The molecule has 20 heavy (non-hydrogen) atoms. The second kappa shape index (κ2) is 8.15. The summed E-state index contributed by atoms with van der Waals surface area (Å²) >= 11 is 5.32. The Morgan fingerprint density at radius 1 is 1.15 bits per heavy atom. The topological polar surface area (TPSA) is 53.5 Å². The maximum atomic E-state index is 5.68. The van der Waals surface area contributed by atoms with Crippen LogP contribution in [0.1, 0.15) is 50.8 Å². The third-order valence-corrected chi connectivity index (χ3v) is 4.93. The molecule has 114 valence electrons. The summed E-state index contributed by atoms with van der Waals surface area (Å²) in [5.41, 5.74) is 1.72. The molecule has 0 saturated carbocycles. The van der Waals surface area contributed by atoms with Gasteiger partial charge in [0.2, 0.25) is 0 Å². The minimum absolute atomic E-state index is 0.274. The SMILES string of the molecule is CCOP(=S)(OCC)OCc1cc(C)nc(C(C)C)n1. The predicted octanol–water partition coefficient (Wildman–Crippen LogP) is 3.72. The molecule has 0 aliphatic carbocycles. The second-order valence-corrected chi connectivity index (χ2v) is 7.58. The first-order valence-corrected chi connectivity index (χ1v) is 9.34. The van der Waals surface area contributed by atoms with E-state index in [2.05, 4.69) is 23.8 Å². The van der Waals surface area contributed by atoms with Gasteiger partial charge in [-0.1, -0.05) is 13.8 Å². The van der Waals surface area contributed by atoms with E-state index in [1.165, 1.54) is 0 Å². The van der Waals surface area contributed by atoms with Crippen LogP contribution in [0, 0.1) is 6.92 Å². The normalized spacial score (nSPS) is 12.1. The third-order valence-electron chi connectivity index (χ3n) is 2.39. The zero-order valence-corrected chi connectivity index (χ0v) is 14.5. The first kappa shape index (κ1) is 17.7. The summed E-state index contributed by atoms with van der Waals surface area (Å²) < 4.78 is 16.6. The van der Waals surface area contributed by atoms with Gasteiger partial charge in [0.1, 0.15) is 5.82 Å². The molecular weight excluding hydrogens is 295 g/mol. The van der Waals surface area contributed by atoms with E-state index in [1.807, 2.05) is 26.8 Å². The lowest BCUT2D eigenvalue weighted by molar-refractivity contribution is 0.160. The molecule has 0 aliphatic rings. The molecule has 0 saturated heterocycles. The summed E-state index contributed by atoms with van der Waals surface area (Å²) in [5.74, 6) is 1.08. The van der Waals surface area contributed by atoms with Gasteiger partial charge in [-0.05, 0) is 38.6 Å². The molecular formula is C13H23N2O3PS. The van der Waals surface area contributed by atoms with Crippen LogP contribution in [-0.4, -0.2) is 23.2 Å². The summed E-state index contributed by atoms with van der Waals surface area (Å²) in [6, 6.07) is 1.89. The molecule has 0 amide bonds. The molecule has 5 nitrogen and oxygen atoms in total. The van der Waals surface area contributed by atoms with Crippen molar-refractivity contribution in [3.63, 3.8) is 0 Å². The van der Waals surface area contributed by atoms with Crippen molar-refractivity contribution in [3.05, 3.63) is 23.3 Å². The van der Waals surface area contributed by atoms with E-state index in [4.69, 9.17) is 25.4 Å². The molecule has 1 aromatic rings. The van der Waals surface area contributed by atoms with Gasteiger partial charge in [0, 0.05) is 11.6 Å². The van der Waals surface area contributed by atoms with Crippen molar-refractivity contribution in [1.29, 1.82) is 0 Å². The monoisotopic (exact) mass is 318 g/mol. The van der Waals surface area contributed by atoms with Crippen molar-refractivity contribution in [2.45, 2.75) is 47.1 Å². The molecule has 1 aromatic heterocycles. The Bertz CT molecular complexity index is 473. The zero-order chi connectivity index (χ0) is 15.2. The highest BCUT2D eigenvalue weighted by Gasteiger charge is 2.20. The minimum Gasteiger partial charge on any atom is -0.309 e. The van der Waals surface area contributed by atoms with E-state index in [9.17, 15) is 0 Å². The molecule has 0 fully saturated rings. The molecule has 1 rings (SSSR count). The fourth-order valence-corrected chi connectivity index (χ4v) is 3.50. The van der Waals surface area contributed by atoms with Crippen LogP contribution in [0.5, 0.6) is 0 Å². The number of hydrogen-bond acceptors (Lipinski definition) is 6. The average molecular weight is 318 g/mol. The lowest BCUT2D eigenvalue weighted by atomic mass is 10.2. The van der Waals surface area contributed by atoms with Crippen LogP contribution in [0.4, 0.5) is 0 Å². The Kier molecular flexibility index (Phi) is 7.20. The standard InChI is InChI=1S/C13H23N2O3PS/c1-6-16-19(20,17-7-2)18-9-12-8-11(5)14-13(15-12)10(3)4/h8,10H,6-7,9H2,1-5H3. The van der Waals surface area contributed by atoms with Gasteiger partial charge in [-0.2, -0.15) is 0 Å². The van der Waals surface area contributed by atoms with Crippen LogP contribution >= 0.6 is 6.72 Å². The number of aryl methyl sites for hydroxylation is 1. The van der Waals surface area contributed by atoms with Crippen molar-refractivity contribution >= 4 is 18.5 Å². The average Bonchev–Trinajstić information content (AvgIpc) is 2.36. The highest BCUT2D eigenvalue weighted by Crippen LogP contribution is 2.50. The van der Waals surface area contributed by atoms with E-state index >= 15 is 0 Å². The van der Waals surface area contributed by atoms with Gasteiger partial charge < -0.3 is 13.6 Å². The van der Waals surface area contributed by atoms with Crippen molar-refractivity contribution < 1.29 is 13.6 Å². The summed E-state index contributed by atoms with van der Waals surface area (Å²) in [7, 11) is 0. The number of hydrogen-bond donors (Lipinski definition) is 0. The van der Waals surface area contributed by atoms with Crippen molar-refractivity contribution in [2.24, 2.45) is 0 Å². The number of rotatable bonds is 8. The Balaban J connectivity index is 2.80. The Morgan fingerprint density at radius 2 is 1.75 bits per heavy atom. The van der Waals surface area contributed by atoms with Gasteiger partial charge in [-0.25, -0.2) is 9.97 Å². The van der Waals surface area contributed by atoms with E-state index in [-0.39, 0.29) is 12.5 Å². The first-order valence-electron chi connectivity index (χ1n) is 6.78. The fourth-order valence-electron chi connectivity index (χ4n) is 1.56. The van der Waals surface area contributed by atoms with Crippen molar-refractivity contribution in [1.82, 2.24) is 9.97 Å². The predicted molar refractivity (Wildman–Crippen MR) is 83.2 cm³/mol. The molecule has 0 radical (unpaired) electrons. The Morgan fingerprint density at radius 3 is 2.25 bits per heavy atom. The molecule has 0 atom stereocenters. The smallest absolute Gasteiger partial charge is 0.309 e. The molecule has 0 N–H and O–H groups in total. The molecule has 0 aromatic carbocycles. The highest BCUT2D eigenvalue weighted by molar-refractivity contribution is 8.07. The van der Waals surface area contributed by atoms with Crippen LogP contribution in [0.3, 0.4) is 0 Å². The number of aromatic nitrogens is 2. The van der Waals surface area contributed by atoms with Crippen LogP contribution < -0.4 is 0 Å². The van der Waals surface area contributed by atoms with Crippen LogP contribution in [-0.2, 0) is 32.0 Å². The van der Waals surface area contributed by atoms with Gasteiger partial charge in [0.25, 0.3) is 0 Å². The first-order chi connectivity index (χ1) is 9.40. The molecule has 0 spiro atoms. The second-order valence-electron chi connectivity index (χ2n) is 4.57. The van der Waals surface area contributed by atoms with Gasteiger partial charge in [0.15, 0.2) is 0 Å². The molecule has 1 heterocycles. The van der Waals surface area contributed by atoms with Crippen LogP contribution in [0.2, 0.25) is 0 Å². The summed E-state index contributed by atoms with van der Waals surface area (Å²) in [4.78, 5) is 8.88. The van der Waals surface area contributed by atoms with Crippen molar-refractivity contribution in [3.8, 4) is 0 Å². The maximum Gasteiger partial charge on any atom is 0.327 e. The van der Waals surface area contributed by atoms with Crippen LogP contribution in [0.25, 0.3) is 0 Å². The van der Waals surface area contributed by atoms with Gasteiger partial charge in [-0.3, -0.25) is 0 Å². The lowest BCUT2D eigenvalue weighted by Gasteiger charge is -2.20. The quantitative estimate of drug-likeness (QED) is 0.681. The summed E-state index contributed by atoms with van der Waals surface area (Å²) in [6.07, 6.45) is 0. The fraction of sp³-hybridized carbons (Fsp3) is 0.692. The number of nitrogens with zero attached hydrogens (tertiary/aromatic N) is 2. The van der Waals surface area contributed by atoms with E-state index in [0.717, 1.165) is 17.2 Å². The summed E-state index contributed by atoms with van der Waals surface area (Å²) in [6.45, 7) is 8.35. The summed E-state index contributed by atoms with van der Waals surface area (Å²) in [5, 5.41) is 0. The van der Waals surface area contributed by atoms with Gasteiger partial charge in [-0.15, -0.1) is 0 Å². The molecule has 0 bridgehead atoms. The van der Waals surface area contributed by atoms with Gasteiger partial charge >= 0.3 is 6.72 Å². The zero-order valence-electron chi connectivity index (χ0n) is 12.8. The molecule has 7 heteroatoms. The molecule has 0 aliphatic heterocycles. The van der Waals surface area contributed by atoms with E-state index in [1.54, 1.807) is 0 Å². The molecule has 0 unspecified atom stereocenters. The van der Waals surface area contributed by atoms with Gasteiger partial charge in [0.05, 0.1) is 25.5 Å². The van der Waals surface area contributed by atoms with E-state index in [0.29, 0.717) is 13.2 Å².